The van der Waals surface area contributed by atoms with Crippen molar-refractivity contribution in [1.29, 1.82) is 0 Å². The first-order valence-electron chi connectivity index (χ1n) is 11.1. The van der Waals surface area contributed by atoms with Crippen LogP contribution in [0.15, 0.2) is 71.5 Å². The minimum atomic E-state index is -0.252. The number of carbonyl (C=O) groups is 1. The molecule has 1 aliphatic heterocycles. The molecule has 0 radical (unpaired) electrons. The zero-order valence-corrected chi connectivity index (χ0v) is 18.9. The molecule has 0 saturated carbocycles. The van der Waals surface area contributed by atoms with Gasteiger partial charge in [0.05, 0.1) is 21.8 Å². The summed E-state index contributed by atoms with van der Waals surface area (Å²) in [6.45, 7) is 1.87. The quantitative estimate of drug-likeness (QED) is 0.435. The average Bonchev–Trinajstić information content (AvgIpc) is 3.30. The van der Waals surface area contributed by atoms with E-state index in [0.717, 1.165) is 29.1 Å². The molecule has 1 aliphatic rings. The topological polar surface area (TPSA) is 77.3 Å². The highest BCUT2D eigenvalue weighted by Crippen LogP contribution is 2.34. The summed E-state index contributed by atoms with van der Waals surface area (Å²) in [5, 5.41) is 5.45. The molecule has 0 bridgehead atoms. The molecule has 0 spiro atoms. The Morgan fingerprint density at radius 2 is 1.76 bits per heavy atom. The summed E-state index contributed by atoms with van der Waals surface area (Å²) in [4.78, 5) is 31.9. The van der Waals surface area contributed by atoms with Crippen molar-refractivity contribution in [1.82, 2.24) is 19.7 Å². The van der Waals surface area contributed by atoms with Gasteiger partial charge in [0.1, 0.15) is 18.1 Å². The number of likely N-dealkylation sites (tertiary alicyclic amines) is 1. The summed E-state index contributed by atoms with van der Waals surface area (Å²) in [6.07, 6.45) is 1.74. The van der Waals surface area contributed by atoms with Crippen molar-refractivity contribution in [3.8, 4) is 5.75 Å². The van der Waals surface area contributed by atoms with Crippen LogP contribution in [0.2, 0.25) is 0 Å². The Morgan fingerprint density at radius 1 is 1.00 bits per heavy atom. The van der Waals surface area contributed by atoms with Gasteiger partial charge in [-0.2, -0.15) is 5.10 Å². The lowest BCUT2D eigenvalue weighted by atomic mass is 9.97. The van der Waals surface area contributed by atoms with Crippen LogP contribution in [0, 0.1) is 0 Å². The molecule has 33 heavy (non-hydrogen) atoms. The molecule has 0 atom stereocenters. The number of amides is 1. The summed E-state index contributed by atoms with van der Waals surface area (Å²) in [5.74, 6) is 0.952. The molecule has 7 nitrogen and oxygen atoms in total. The van der Waals surface area contributed by atoms with Gasteiger partial charge in [0.2, 0.25) is 0 Å². The maximum absolute atomic E-state index is 13.0. The molecule has 4 aromatic rings. The molecule has 1 amide bonds. The number of nitrogens with zero attached hydrogens (tertiary/aromatic N) is 4. The van der Waals surface area contributed by atoms with Crippen molar-refractivity contribution in [3.63, 3.8) is 0 Å². The van der Waals surface area contributed by atoms with Crippen LogP contribution >= 0.6 is 11.3 Å². The lowest BCUT2D eigenvalue weighted by Gasteiger charge is -2.30. The summed E-state index contributed by atoms with van der Waals surface area (Å²) in [6, 6.07) is 20.5. The summed E-state index contributed by atoms with van der Waals surface area (Å²) in [7, 11) is 0. The molecular weight excluding hydrogens is 436 g/mol. The summed E-state index contributed by atoms with van der Waals surface area (Å²) >= 11 is 1.74. The van der Waals surface area contributed by atoms with Crippen LogP contribution in [0.25, 0.3) is 10.2 Å². The van der Waals surface area contributed by atoms with Gasteiger partial charge in [-0.05, 0) is 43.2 Å². The number of benzene rings is 2. The number of ether oxygens (including phenoxy) is 1. The van der Waals surface area contributed by atoms with E-state index in [0.29, 0.717) is 25.6 Å². The fourth-order valence-corrected chi connectivity index (χ4v) is 5.18. The number of rotatable bonds is 6. The van der Waals surface area contributed by atoms with Gasteiger partial charge in [-0.1, -0.05) is 30.3 Å². The molecule has 0 unspecified atom stereocenters. The highest BCUT2D eigenvalue weighted by atomic mass is 32.1. The predicted octanol–water partition coefficient (Wildman–Crippen LogP) is 3.95. The number of fused-ring (bicyclic) bond motifs is 1. The van der Waals surface area contributed by atoms with Crippen molar-refractivity contribution < 1.29 is 9.53 Å². The Kier molecular flexibility index (Phi) is 6.17. The summed E-state index contributed by atoms with van der Waals surface area (Å²) < 4.78 is 8.16. The number of aromatic nitrogens is 3. The molecule has 5 rings (SSSR count). The average molecular weight is 461 g/mol. The van der Waals surface area contributed by atoms with Gasteiger partial charge in [-0.25, -0.2) is 9.67 Å². The second-order valence-electron chi connectivity index (χ2n) is 8.03. The summed E-state index contributed by atoms with van der Waals surface area (Å²) in [5.41, 5.74) is 1.07. The maximum atomic E-state index is 13.0. The van der Waals surface area contributed by atoms with E-state index in [1.54, 1.807) is 11.3 Å². The van der Waals surface area contributed by atoms with Gasteiger partial charge in [0.25, 0.3) is 11.5 Å². The SMILES string of the molecule is O=C(c1ccc(=O)n(CCOc2ccccc2)n1)N1CCC(c2nc3ccccc3s2)CC1. The second-order valence-corrected chi connectivity index (χ2v) is 9.09. The maximum Gasteiger partial charge on any atom is 0.274 e. The van der Waals surface area contributed by atoms with Gasteiger partial charge in [0.15, 0.2) is 0 Å². The fourth-order valence-electron chi connectivity index (χ4n) is 4.05. The van der Waals surface area contributed by atoms with E-state index in [4.69, 9.17) is 9.72 Å². The second kappa shape index (κ2) is 9.54. The fraction of sp³-hybridized carbons (Fsp3) is 0.280. The van der Waals surface area contributed by atoms with Crippen LogP contribution in [0.5, 0.6) is 5.75 Å². The number of carbonyl (C=O) groups excluding carboxylic acids is 1. The van der Waals surface area contributed by atoms with Crippen molar-refractivity contribution in [2.24, 2.45) is 0 Å². The molecular formula is C25H24N4O3S. The third kappa shape index (κ3) is 4.80. The smallest absolute Gasteiger partial charge is 0.274 e. The minimum Gasteiger partial charge on any atom is -0.492 e. The van der Waals surface area contributed by atoms with Crippen LogP contribution < -0.4 is 10.3 Å². The third-order valence-electron chi connectivity index (χ3n) is 5.84. The van der Waals surface area contributed by atoms with Crippen LogP contribution in [-0.4, -0.2) is 45.3 Å². The first kappa shape index (κ1) is 21.3. The van der Waals surface area contributed by atoms with Gasteiger partial charge in [-0.3, -0.25) is 9.59 Å². The van der Waals surface area contributed by atoms with E-state index in [2.05, 4.69) is 11.2 Å². The highest BCUT2D eigenvalue weighted by molar-refractivity contribution is 7.18. The Balaban J connectivity index is 1.20. The standard InChI is InChI=1S/C25H24N4O3S/c30-23-11-10-21(27-29(23)16-17-32-19-6-2-1-3-7-19)25(31)28-14-12-18(13-15-28)24-26-20-8-4-5-9-22(20)33-24/h1-11,18H,12-17H2. The number of thiazole rings is 1. The van der Waals surface area contributed by atoms with E-state index in [1.165, 1.54) is 21.5 Å². The lowest BCUT2D eigenvalue weighted by Crippen LogP contribution is -2.39. The molecule has 1 fully saturated rings. The number of hydrogen-bond acceptors (Lipinski definition) is 6. The highest BCUT2D eigenvalue weighted by Gasteiger charge is 2.27. The first-order chi connectivity index (χ1) is 16.2. The van der Waals surface area contributed by atoms with E-state index < -0.39 is 0 Å². The molecule has 8 heteroatoms. The zero-order chi connectivity index (χ0) is 22.6. The van der Waals surface area contributed by atoms with Crippen LogP contribution in [0.4, 0.5) is 0 Å². The van der Waals surface area contributed by atoms with Crippen molar-refractivity contribution in [2.45, 2.75) is 25.3 Å². The van der Waals surface area contributed by atoms with Crippen LogP contribution in [0.1, 0.15) is 34.3 Å². The minimum absolute atomic E-state index is 0.143. The van der Waals surface area contributed by atoms with Crippen LogP contribution in [0.3, 0.4) is 0 Å². The van der Waals surface area contributed by atoms with Gasteiger partial charge >= 0.3 is 0 Å². The normalized spacial score (nSPS) is 14.5. The van der Waals surface area contributed by atoms with E-state index >= 15 is 0 Å². The first-order valence-corrected chi connectivity index (χ1v) is 11.9. The Labute approximate surface area is 195 Å². The van der Waals surface area contributed by atoms with E-state index in [9.17, 15) is 9.59 Å². The Morgan fingerprint density at radius 3 is 2.55 bits per heavy atom. The molecule has 2 aromatic carbocycles. The largest absolute Gasteiger partial charge is 0.492 e. The molecule has 2 aromatic heterocycles. The van der Waals surface area contributed by atoms with E-state index in [1.807, 2.05) is 53.4 Å². The van der Waals surface area contributed by atoms with Crippen molar-refractivity contribution >= 4 is 27.5 Å². The molecule has 168 valence electrons. The molecule has 1 saturated heterocycles. The zero-order valence-electron chi connectivity index (χ0n) is 18.1. The number of piperidine rings is 1. The van der Waals surface area contributed by atoms with Gasteiger partial charge in [-0.15, -0.1) is 11.3 Å². The Bertz CT molecular complexity index is 1280. The van der Waals surface area contributed by atoms with Crippen LogP contribution in [-0.2, 0) is 6.54 Å². The number of hydrogen-bond donors (Lipinski definition) is 0. The monoisotopic (exact) mass is 460 g/mol. The third-order valence-corrected chi connectivity index (χ3v) is 7.04. The van der Waals surface area contributed by atoms with E-state index in [-0.39, 0.29) is 23.7 Å². The molecule has 0 N–H and O–H groups in total. The Hall–Kier alpha value is -3.52. The lowest BCUT2D eigenvalue weighted by molar-refractivity contribution is 0.0703. The molecule has 0 aliphatic carbocycles. The van der Waals surface area contributed by atoms with Crippen molar-refractivity contribution in [3.05, 3.63) is 87.8 Å². The number of para-hydroxylation sites is 2. The van der Waals surface area contributed by atoms with Gasteiger partial charge < -0.3 is 9.64 Å². The molecule has 3 heterocycles. The van der Waals surface area contributed by atoms with Crippen molar-refractivity contribution in [2.75, 3.05) is 19.7 Å². The predicted molar refractivity (Wildman–Crippen MR) is 128 cm³/mol. The van der Waals surface area contributed by atoms with Gasteiger partial charge in [0, 0.05) is 25.1 Å².